The standard InChI is InChI=1S/C16H21Cl2N3O2/c1-7(2)19-16-20-12-5-10(17)11(18)6-13(12)21(16)15-8(3)14(22)9(4)23-15/h5-9,14-15,22H,1-4H3,(H,19,20)/t8-,9-,14+,15-/m1/s1. The summed E-state index contributed by atoms with van der Waals surface area (Å²) < 4.78 is 7.95. The molecule has 1 aromatic carbocycles. The van der Waals surface area contributed by atoms with Crippen molar-refractivity contribution in [1.82, 2.24) is 9.55 Å². The van der Waals surface area contributed by atoms with Crippen LogP contribution < -0.4 is 5.32 Å². The van der Waals surface area contributed by atoms with Gasteiger partial charge in [-0.2, -0.15) is 0 Å². The van der Waals surface area contributed by atoms with Crippen molar-refractivity contribution in [3.8, 4) is 0 Å². The second-order valence-electron chi connectivity index (χ2n) is 6.44. The molecule has 7 heteroatoms. The highest BCUT2D eigenvalue weighted by atomic mass is 35.5. The van der Waals surface area contributed by atoms with Crippen molar-refractivity contribution in [3.63, 3.8) is 0 Å². The predicted molar refractivity (Wildman–Crippen MR) is 93.3 cm³/mol. The number of ether oxygens (including phenoxy) is 1. The average molecular weight is 358 g/mol. The Morgan fingerprint density at radius 3 is 2.48 bits per heavy atom. The molecule has 0 saturated carbocycles. The summed E-state index contributed by atoms with van der Waals surface area (Å²) in [5.41, 5.74) is 1.58. The Labute approximate surface area is 145 Å². The molecular formula is C16H21Cl2N3O2. The zero-order valence-corrected chi connectivity index (χ0v) is 15.1. The molecule has 0 unspecified atom stereocenters. The van der Waals surface area contributed by atoms with E-state index in [0.29, 0.717) is 16.0 Å². The Morgan fingerprint density at radius 2 is 1.91 bits per heavy atom. The minimum absolute atomic E-state index is 0.0652. The van der Waals surface area contributed by atoms with Crippen LogP contribution in [-0.2, 0) is 4.74 Å². The number of fused-ring (bicyclic) bond motifs is 1. The number of rotatable bonds is 3. The predicted octanol–water partition coefficient (Wildman–Crippen LogP) is 4.08. The zero-order chi connectivity index (χ0) is 16.9. The van der Waals surface area contributed by atoms with Crippen molar-refractivity contribution < 1.29 is 9.84 Å². The van der Waals surface area contributed by atoms with Crippen LogP contribution in [0.5, 0.6) is 0 Å². The lowest BCUT2D eigenvalue weighted by atomic mass is 10.0. The van der Waals surface area contributed by atoms with Crippen LogP contribution in [0, 0.1) is 5.92 Å². The van der Waals surface area contributed by atoms with E-state index in [1.807, 2.05) is 32.3 Å². The van der Waals surface area contributed by atoms with Gasteiger partial charge in [0.1, 0.15) is 6.23 Å². The van der Waals surface area contributed by atoms with E-state index < -0.39 is 6.10 Å². The van der Waals surface area contributed by atoms with Gasteiger partial charge in [0, 0.05) is 12.0 Å². The van der Waals surface area contributed by atoms with Crippen LogP contribution in [-0.4, -0.2) is 32.9 Å². The van der Waals surface area contributed by atoms with Gasteiger partial charge in [0.05, 0.1) is 33.3 Å². The lowest BCUT2D eigenvalue weighted by Crippen LogP contribution is -2.24. The zero-order valence-electron chi connectivity index (χ0n) is 13.5. The Morgan fingerprint density at radius 1 is 1.26 bits per heavy atom. The molecular weight excluding hydrogens is 337 g/mol. The van der Waals surface area contributed by atoms with Crippen LogP contribution in [0.4, 0.5) is 5.95 Å². The van der Waals surface area contributed by atoms with Crippen LogP contribution in [0.25, 0.3) is 11.0 Å². The van der Waals surface area contributed by atoms with Crippen molar-refractivity contribution in [2.24, 2.45) is 5.92 Å². The van der Waals surface area contributed by atoms with Gasteiger partial charge in [-0.15, -0.1) is 0 Å². The first-order chi connectivity index (χ1) is 10.8. The number of hydrogen-bond acceptors (Lipinski definition) is 4. The van der Waals surface area contributed by atoms with E-state index in [4.69, 9.17) is 27.9 Å². The summed E-state index contributed by atoms with van der Waals surface area (Å²) in [7, 11) is 0. The molecule has 3 rings (SSSR count). The SMILES string of the molecule is CC(C)Nc1nc2cc(Cl)c(Cl)cc2n1[C@@H]1O[C@H](C)[C@@H](O)[C@H]1C. The molecule has 1 aliphatic rings. The third-order valence-electron chi connectivity index (χ3n) is 4.23. The van der Waals surface area contributed by atoms with Gasteiger partial charge in [-0.3, -0.25) is 4.57 Å². The highest BCUT2D eigenvalue weighted by Gasteiger charge is 2.41. The number of aliphatic hydroxyl groups excluding tert-OH is 1. The molecule has 2 aromatic rings. The molecule has 2 N–H and O–H groups in total. The fraction of sp³-hybridized carbons (Fsp3) is 0.562. The van der Waals surface area contributed by atoms with Crippen LogP contribution in [0.15, 0.2) is 12.1 Å². The van der Waals surface area contributed by atoms with E-state index in [1.54, 1.807) is 12.1 Å². The maximum absolute atomic E-state index is 10.3. The summed E-state index contributed by atoms with van der Waals surface area (Å²) >= 11 is 12.3. The Balaban J connectivity index is 2.18. The molecule has 0 aliphatic carbocycles. The number of hydrogen-bond donors (Lipinski definition) is 2. The number of benzene rings is 1. The van der Waals surface area contributed by atoms with E-state index in [9.17, 15) is 5.11 Å². The fourth-order valence-electron chi connectivity index (χ4n) is 3.02. The van der Waals surface area contributed by atoms with Crippen molar-refractivity contribution in [2.45, 2.75) is 52.2 Å². The minimum atomic E-state index is -0.521. The van der Waals surface area contributed by atoms with Gasteiger partial charge >= 0.3 is 0 Å². The summed E-state index contributed by atoms with van der Waals surface area (Å²) in [6.07, 6.45) is -1.07. The van der Waals surface area contributed by atoms with Gasteiger partial charge in [0.2, 0.25) is 5.95 Å². The molecule has 0 spiro atoms. The first kappa shape index (κ1) is 16.8. The molecule has 2 heterocycles. The number of imidazole rings is 1. The molecule has 23 heavy (non-hydrogen) atoms. The summed E-state index contributed by atoms with van der Waals surface area (Å²) in [6, 6.07) is 3.75. The Hall–Kier alpha value is -1.01. The normalized spacial score (nSPS) is 28.0. The van der Waals surface area contributed by atoms with Gasteiger partial charge in [-0.25, -0.2) is 4.98 Å². The van der Waals surface area contributed by atoms with Crippen molar-refractivity contribution in [3.05, 3.63) is 22.2 Å². The third kappa shape index (κ3) is 2.91. The molecule has 4 atom stereocenters. The molecule has 0 amide bonds. The number of nitrogens with one attached hydrogen (secondary N) is 1. The number of aromatic nitrogens is 2. The molecule has 0 radical (unpaired) electrons. The topological polar surface area (TPSA) is 59.3 Å². The highest BCUT2D eigenvalue weighted by Crippen LogP contribution is 2.40. The second-order valence-corrected chi connectivity index (χ2v) is 7.26. The van der Waals surface area contributed by atoms with Crippen molar-refractivity contribution >= 4 is 40.2 Å². The Bertz CT molecular complexity index is 732. The molecule has 1 aromatic heterocycles. The van der Waals surface area contributed by atoms with Crippen molar-refractivity contribution in [1.29, 1.82) is 0 Å². The first-order valence-electron chi connectivity index (χ1n) is 7.76. The summed E-state index contributed by atoms with van der Waals surface area (Å²) in [4.78, 5) is 4.63. The lowest BCUT2D eigenvalue weighted by molar-refractivity contribution is -0.00868. The van der Waals surface area contributed by atoms with Gasteiger partial charge in [-0.05, 0) is 32.9 Å². The second kappa shape index (κ2) is 6.13. The van der Waals surface area contributed by atoms with Crippen molar-refractivity contribution in [2.75, 3.05) is 5.32 Å². The average Bonchev–Trinajstić information content (AvgIpc) is 2.91. The molecule has 0 bridgehead atoms. The molecule has 1 fully saturated rings. The van der Waals surface area contributed by atoms with Gasteiger partial charge in [0.15, 0.2) is 0 Å². The van der Waals surface area contributed by atoms with Crippen LogP contribution >= 0.6 is 23.2 Å². The third-order valence-corrected chi connectivity index (χ3v) is 4.95. The summed E-state index contributed by atoms with van der Waals surface area (Å²) in [5.74, 6) is 0.621. The number of anilines is 1. The summed E-state index contributed by atoms with van der Waals surface area (Å²) in [5, 5.41) is 14.5. The van der Waals surface area contributed by atoms with E-state index in [-0.39, 0.29) is 24.3 Å². The lowest BCUT2D eigenvalue weighted by Gasteiger charge is -2.22. The molecule has 126 valence electrons. The number of nitrogens with zero attached hydrogens (tertiary/aromatic N) is 2. The Kier molecular flexibility index (Phi) is 4.49. The molecule has 1 saturated heterocycles. The quantitative estimate of drug-likeness (QED) is 0.868. The van der Waals surface area contributed by atoms with Crippen LogP contribution in [0.3, 0.4) is 0 Å². The highest BCUT2D eigenvalue weighted by molar-refractivity contribution is 6.42. The fourth-order valence-corrected chi connectivity index (χ4v) is 3.34. The maximum Gasteiger partial charge on any atom is 0.206 e. The van der Waals surface area contributed by atoms with Gasteiger partial charge in [0.25, 0.3) is 0 Å². The summed E-state index contributed by atoms with van der Waals surface area (Å²) in [6.45, 7) is 7.93. The largest absolute Gasteiger partial charge is 0.390 e. The van der Waals surface area contributed by atoms with Crippen LogP contribution in [0.1, 0.15) is 33.9 Å². The van der Waals surface area contributed by atoms with E-state index in [2.05, 4.69) is 10.3 Å². The van der Waals surface area contributed by atoms with E-state index in [1.165, 1.54) is 0 Å². The maximum atomic E-state index is 10.3. The first-order valence-corrected chi connectivity index (χ1v) is 8.52. The number of halogens is 2. The minimum Gasteiger partial charge on any atom is -0.390 e. The van der Waals surface area contributed by atoms with Gasteiger partial charge < -0.3 is 15.2 Å². The monoisotopic (exact) mass is 357 g/mol. The number of aliphatic hydroxyl groups is 1. The van der Waals surface area contributed by atoms with E-state index >= 15 is 0 Å². The van der Waals surface area contributed by atoms with Gasteiger partial charge in [-0.1, -0.05) is 30.1 Å². The smallest absolute Gasteiger partial charge is 0.206 e. The molecule has 5 nitrogen and oxygen atoms in total. The molecule has 1 aliphatic heterocycles. The van der Waals surface area contributed by atoms with Crippen LogP contribution in [0.2, 0.25) is 10.0 Å². The van der Waals surface area contributed by atoms with E-state index in [0.717, 1.165) is 11.0 Å².